The first-order valence-electron chi connectivity index (χ1n) is 5.48. The predicted octanol–water partition coefficient (Wildman–Crippen LogP) is 0.0858. The van der Waals surface area contributed by atoms with Crippen LogP contribution in [0.2, 0.25) is 0 Å². The van der Waals surface area contributed by atoms with Crippen LogP contribution in [-0.4, -0.2) is 35.6 Å². The van der Waals surface area contributed by atoms with E-state index in [1.165, 1.54) is 6.26 Å². The molecule has 17 heavy (non-hydrogen) atoms. The highest BCUT2D eigenvalue weighted by atomic mass is 16.3. The van der Waals surface area contributed by atoms with Crippen LogP contribution in [0.5, 0.6) is 0 Å². The summed E-state index contributed by atoms with van der Waals surface area (Å²) in [5.41, 5.74) is 2.82. The fourth-order valence-corrected chi connectivity index (χ4v) is 1.50. The topological polar surface area (TPSA) is 91.7 Å². The summed E-state index contributed by atoms with van der Waals surface area (Å²) in [5.74, 6) is 4.85. The molecule has 96 valence electrons. The molecule has 0 fully saturated rings. The molecule has 1 rings (SSSR count). The molecule has 4 N–H and O–H groups in total. The summed E-state index contributed by atoms with van der Waals surface area (Å²) in [6.07, 6.45) is 1.82. The molecule has 0 aliphatic heterocycles. The summed E-state index contributed by atoms with van der Waals surface area (Å²) in [5, 5.41) is 9.18. The number of furan rings is 1. The number of nitrogens with one attached hydrogen (secondary N) is 1. The van der Waals surface area contributed by atoms with Gasteiger partial charge in [0.15, 0.2) is 5.76 Å². The molecule has 6 nitrogen and oxygen atoms in total. The van der Waals surface area contributed by atoms with Gasteiger partial charge >= 0.3 is 5.91 Å². The average molecular weight is 241 g/mol. The van der Waals surface area contributed by atoms with Gasteiger partial charge in [-0.15, -0.1) is 0 Å². The quantitative estimate of drug-likeness (QED) is 0.373. The van der Waals surface area contributed by atoms with E-state index in [1.807, 2.05) is 17.4 Å². The zero-order valence-electron chi connectivity index (χ0n) is 10.1. The molecule has 6 heteroatoms. The smallest absolute Gasteiger partial charge is 0.301 e. The SMILES string of the molecule is CC(O)CCN(C)Cc1ccoc1C(=O)NN. The van der Waals surface area contributed by atoms with E-state index in [0.717, 1.165) is 12.1 Å². The molecule has 1 amide bonds. The van der Waals surface area contributed by atoms with E-state index < -0.39 is 5.91 Å². The number of rotatable bonds is 6. The van der Waals surface area contributed by atoms with E-state index in [1.54, 1.807) is 13.0 Å². The molecule has 1 aromatic rings. The van der Waals surface area contributed by atoms with E-state index in [0.29, 0.717) is 13.0 Å². The van der Waals surface area contributed by atoms with Crippen molar-refractivity contribution < 1.29 is 14.3 Å². The molecule has 0 saturated heterocycles. The van der Waals surface area contributed by atoms with Crippen LogP contribution in [0.1, 0.15) is 29.5 Å². The van der Waals surface area contributed by atoms with Gasteiger partial charge in [0.1, 0.15) is 0 Å². The Kier molecular flexibility index (Phi) is 5.14. The standard InChI is InChI=1S/C11H19N3O3/c1-8(15)3-5-14(2)7-9-4-6-17-10(9)11(16)13-12/h4,6,8,15H,3,5,7,12H2,1-2H3,(H,13,16). The van der Waals surface area contributed by atoms with Crippen molar-refractivity contribution in [2.24, 2.45) is 5.84 Å². The van der Waals surface area contributed by atoms with Gasteiger partial charge in [0.05, 0.1) is 12.4 Å². The molecule has 1 aromatic heterocycles. The Balaban J connectivity index is 2.56. The maximum Gasteiger partial charge on any atom is 0.301 e. The average Bonchev–Trinajstić information content (AvgIpc) is 2.73. The lowest BCUT2D eigenvalue weighted by molar-refractivity contribution is 0.0923. The van der Waals surface area contributed by atoms with Gasteiger partial charge in [0, 0.05) is 18.7 Å². The fourth-order valence-electron chi connectivity index (χ4n) is 1.50. The second-order valence-electron chi connectivity index (χ2n) is 4.12. The number of amides is 1. The Morgan fingerprint density at radius 3 is 3.00 bits per heavy atom. The highest BCUT2D eigenvalue weighted by Gasteiger charge is 2.15. The van der Waals surface area contributed by atoms with E-state index in [4.69, 9.17) is 10.3 Å². The lowest BCUT2D eigenvalue weighted by Crippen LogP contribution is -2.31. The van der Waals surface area contributed by atoms with Gasteiger partial charge in [0.25, 0.3) is 0 Å². The minimum absolute atomic E-state index is 0.233. The fraction of sp³-hybridized carbons (Fsp3) is 0.545. The van der Waals surface area contributed by atoms with Crippen LogP contribution in [0.25, 0.3) is 0 Å². The first kappa shape index (κ1) is 13.7. The molecule has 1 atom stereocenters. The lowest BCUT2D eigenvalue weighted by Gasteiger charge is -2.17. The summed E-state index contributed by atoms with van der Waals surface area (Å²) in [6, 6.07) is 1.74. The summed E-state index contributed by atoms with van der Waals surface area (Å²) >= 11 is 0. The van der Waals surface area contributed by atoms with Gasteiger partial charge in [-0.25, -0.2) is 5.84 Å². The zero-order chi connectivity index (χ0) is 12.8. The molecule has 0 saturated carbocycles. The number of carbonyl (C=O) groups excluding carboxylic acids is 1. The number of aliphatic hydroxyl groups excluding tert-OH is 1. The predicted molar refractivity (Wildman–Crippen MR) is 63.0 cm³/mol. The normalized spacial score (nSPS) is 12.8. The molecule has 1 unspecified atom stereocenters. The molecule has 0 aromatic carbocycles. The Bertz CT molecular complexity index is 363. The van der Waals surface area contributed by atoms with Crippen molar-refractivity contribution >= 4 is 5.91 Å². The van der Waals surface area contributed by atoms with Crippen molar-refractivity contribution in [3.63, 3.8) is 0 Å². The first-order valence-corrected chi connectivity index (χ1v) is 5.48. The van der Waals surface area contributed by atoms with Crippen molar-refractivity contribution in [2.75, 3.05) is 13.6 Å². The number of nitrogens with zero attached hydrogens (tertiary/aromatic N) is 1. The van der Waals surface area contributed by atoms with Crippen molar-refractivity contribution in [2.45, 2.75) is 26.0 Å². The number of hydrogen-bond donors (Lipinski definition) is 3. The minimum Gasteiger partial charge on any atom is -0.459 e. The molecule has 0 spiro atoms. The van der Waals surface area contributed by atoms with Gasteiger partial charge in [-0.1, -0.05) is 0 Å². The van der Waals surface area contributed by atoms with E-state index >= 15 is 0 Å². The second-order valence-corrected chi connectivity index (χ2v) is 4.12. The third kappa shape index (κ3) is 4.18. The Morgan fingerprint density at radius 2 is 2.41 bits per heavy atom. The largest absolute Gasteiger partial charge is 0.459 e. The third-order valence-corrected chi connectivity index (χ3v) is 2.45. The van der Waals surface area contributed by atoms with Gasteiger partial charge in [-0.3, -0.25) is 10.2 Å². The van der Waals surface area contributed by atoms with Crippen LogP contribution in [0.4, 0.5) is 0 Å². The zero-order valence-corrected chi connectivity index (χ0v) is 10.1. The number of carbonyl (C=O) groups is 1. The number of nitrogens with two attached hydrogens (primary N) is 1. The van der Waals surface area contributed by atoms with Crippen LogP contribution in [0, 0.1) is 0 Å². The van der Waals surface area contributed by atoms with Crippen LogP contribution < -0.4 is 11.3 Å². The number of aliphatic hydroxyl groups is 1. The van der Waals surface area contributed by atoms with Crippen LogP contribution in [0.15, 0.2) is 16.7 Å². The number of hydrogen-bond acceptors (Lipinski definition) is 5. The third-order valence-electron chi connectivity index (χ3n) is 2.45. The highest BCUT2D eigenvalue weighted by Crippen LogP contribution is 2.12. The van der Waals surface area contributed by atoms with Gasteiger partial charge in [-0.2, -0.15) is 0 Å². The summed E-state index contributed by atoms with van der Waals surface area (Å²) in [4.78, 5) is 13.4. The Hall–Kier alpha value is -1.37. The van der Waals surface area contributed by atoms with Gasteiger partial charge in [0.2, 0.25) is 0 Å². The minimum atomic E-state index is -0.436. The van der Waals surface area contributed by atoms with Crippen LogP contribution >= 0.6 is 0 Å². The lowest BCUT2D eigenvalue weighted by atomic mass is 10.2. The molecular formula is C11H19N3O3. The summed E-state index contributed by atoms with van der Waals surface area (Å²) in [6.45, 7) is 3.07. The maximum atomic E-state index is 11.4. The summed E-state index contributed by atoms with van der Waals surface area (Å²) in [7, 11) is 1.92. The second kappa shape index (κ2) is 6.39. The van der Waals surface area contributed by atoms with Crippen LogP contribution in [0.3, 0.4) is 0 Å². The van der Waals surface area contributed by atoms with Crippen LogP contribution in [-0.2, 0) is 6.54 Å². The first-order chi connectivity index (χ1) is 8.04. The number of nitrogen functional groups attached to an aromatic ring is 1. The van der Waals surface area contributed by atoms with Gasteiger partial charge in [-0.05, 0) is 26.5 Å². The van der Waals surface area contributed by atoms with Crippen molar-refractivity contribution in [1.29, 1.82) is 0 Å². The Labute approximate surface area is 100 Å². The Morgan fingerprint density at radius 1 is 1.71 bits per heavy atom. The van der Waals surface area contributed by atoms with Gasteiger partial charge < -0.3 is 14.4 Å². The molecule has 1 heterocycles. The van der Waals surface area contributed by atoms with E-state index in [-0.39, 0.29) is 11.9 Å². The molecule has 0 aliphatic rings. The molecule has 0 aliphatic carbocycles. The molecule has 0 radical (unpaired) electrons. The van der Waals surface area contributed by atoms with Crippen molar-refractivity contribution in [3.8, 4) is 0 Å². The number of hydrazine groups is 1. The summed E-state index contributed by atoms with van der Waals surface area (Å²) < 4.78 is 5.08. The van der Waals surface area contributed by atoms with Crippen molar-refractivity contribution in [3.05, 3.63) is 23.7 Å². The van der Waals surface area contributed by atoms with Crippen molar-refractivity contribution in [1.82, 2.24) is 10.3 Å². The highest BCUT2D eigenvalue weighted by molar-refractivity contribution is 5.92. The van der Waals surface area contributed by atoms with E-state index in [9.17, 15) is 9.90 Å². The maximum absolute atomic E-state index is 11.4. The monoisotopic (exact) mass is 241 g/mol. The molecule has 0 bridgehead atoms. The van der Waals surface area contributed by atoms with E-state index in [2.05, 4.69) is 0 Å². The molecular weight excluding hydrogens is 222 g/mol.